The highest BCUT2D eigenvalue weighted by molar-refractivity contribution is 9.10. The smallest absolute Gasteiger partial charge is 0.238 e. The monoisotopic (exact) mass is 684 g/mol. The minimum Gasteiger partial charge on any atom is -0.379 e. The second kappa shape index (κ2) is 12.6. The summed E-state index contributed by atoms with van der Waals surface area (Å²) in [6, 6.07) is 9.89. The number of benzene rings is 1. The number of rotatable bonds is 9. The van der Waals surface area contributed by atoms with Crippen molar-refractivity contribution >= 4 is 54.4 Å². The molecular formula is C30H37BrN8O4S. The Morgan fingerprint density at radius 2 is 1.98 bits per heavy atom. The van der Waals surface area contributed by atoms with E-state index in [1.54, 1.807) is 17.4 Å². The maximum atomic E-state index is 12.7. The zero-order chi connectivity index (χ0) is 31.0. The lowest BCUT2D eigenvalue weighted by Gasteiger charge is -2.25. The normalized spacial score (nSPS) is 18.2. The fourth-order valence-corrected chi connectivity index (χ4v) is 7.54. The van der Waals surface area contributed by atoms with Gasteiger partial charge in [-0.1, -0.05) is 6.07 Å². The first kappa shape index (κ1) is 30.7. The number of pyridine rings is 1. The van der Waals surface area contributed by atoms with Crippen molar-refractivity contribution < 1.29 is 17.9 Å². The lowest BCUT2D eigenvalue weighted by atomic mass is 10.2. The van der Waals surface area contributed by atoms with Crippen LogP contribution in [-0.2, 0) is 19.6 Å². The number of halogens is 1. The topological polar surface area (TPSA) is 137 Å². The Morgan fingerprint density at radius 1 is 1.18 bits per heavy atom. The molecule has 4 aromatic rings. The number of aryl methyl sites for hydroxylation is 1. The van der Waals surface area contributed by atoms with Gasteiger partial charge in [0.25, 0.3) is 0 Å². The number of nitrogens with one attached hydrogen (secondary N) is 3. The SMILES string of the molecule is CCS(=O)(=O)N1CC[C@H](Nc2c(Br)cnc3nc(-c4cc(C)n(-c5cccc(NC(=O)CN6CCOCC6)c5)c4C)[nH]c23)C1. The number of aromatic nitrogens is 4. The maximum Gasteiger partial charge on any atom is 0.238 e. The van der Waals surface area contributed by atoms with Crippen LogP contribution in [0.1, 0.15) is 24.7 Å². The molecule has 6 rings (SSSR count). The maximum absolute atomic E-state index is 12.7. The number of sulfonamides is 1. The third kappa shape index (κ3) is 6.26. The van der Waals surface area contributed by atoms with Crippen LogP contribution < -0.4 is 10.6 Å². The van der Waals surface area contributed by atoms with Crippen molar-refractivity contribution in [1.29, 1.82) is 0 Å². The van der Waals surface area contributed by atoms with E-state index in [1.165, 1.54) is 0 Å². The van der Waals surface area contributed by atoms with Crippen molar-refractivity contribution in [1.82, 2.24) is 28.7 Å². The number of morpholine rings is 1. The molecule has 234 valence electrons. The summed E-state index contributed by atoms with van der Waals surface area (Å²) >= 11 is 3.62. The molecule has 12 nitrogen and oxygen atoms in total. The first-order chi connectivity index (χ1) is 21.1. The van der Waals surface area contributed by atoms with Gasteiger partial charge in [0.05, 0.1) is 35.7 Å². The van der Waals surface area contributed by atoms with Crippen molar-refractivity contribution in [2.45, 2.75) is 33.2 Å². The number of anilines is 2. The van der Waals surface area contributed by atoms with Crippen LogP contribution in [0.5, 0.6) is 0 Å². The highest BCUT2D eigenvalue weighted by Crippen LogP contribution is 2.35. The summed E-state index contributed by atoms with van der Waals surface area (Å²) in [7, 11) is -3.23. The standard InChI is InChI=1S/C30H37BrN8O4S/c1-4-44(41,42)38-9-8-22(17-38)34-27-25(31)16-32-30-28(27)35-29(36-30)24-14-19(2)39(20(24)3)23-7-5-6-21(15-23)33-26(40)18-37-10-12-43-13-11-37/h5-7,14-16,22H,4,8-13,17-18H2,1-3H3,(H,33,40)(H2,32,34,35,36)/t22-/m0/s1. The molecule has 0 radical (unpaired) electrons. The summed E-state index contributed by atoms with van der Waals surface area (Å²) < 4.78 is 34.6. The van der Waals surface area contributed by atoms with E-state index in [4.69, 9.17) is 9.72 Å². The van der Waals surface area contributed by atoms with Crippen LogP contribution in [0, 0.1) is 13.8 Å². The van der Waals surface area contributed by atoms with Gasteiger partial charge in [-0.15, -0.1) is 0 Å². The molecule has 2 aliphatic rings. The van der Waals surface area contributed by atoms with Crippen LogP contribution in [0.2, 0.25) is 0 Å². The molecule has 3 N–H and O–H groups in total. The van der Waals surface area contributed by atoms with Crippen LogP contribution in [0.3, 0.4) is 0 Å². The second-order valence-electron chi connectivity index (χ2n) is 11.3. The summed E-state index contributed by atoms with van der Waals surface area (Å²) in [6.07, 6.45) is 2.43. The first-order valence-electron chi connectivity index (χ1n) is 14.8. The van der Waals surface area contributed by atoms with Crippen molar-refractivity contribution in [3.63, 3.8) is 0 Å². The van der Waals surface area contributed by atoms with E-state index in [1.807, 2.05) is 38.1 Å². The van der Waals surface area contributed by atoms with Crippen LogP contribution in [0.15, 0.2) is 41.0 Å². The van der Waals surface area contributed by atoms with Crippen LogP contribution >= 0.6 is 15.9 Å². The zero-order valence-electron chi connectivity index (χ0n) is 25.1. The number of H-pyrrole nitrogens is 1. The Balaban J connectivity index is 1.24. The Kier molecular flexibility index (Phi) is 8.79. The quantitative estimate of drug-likeness (QED) is 0.242. The molecule has 0 bridgehead atoms. The van der Waals surface area contributed by atoms with E-state index in [9.17, 15) is 13.2 Å². The van der Waals surface area contributed by atoms with Crippen molar-refractivity contribution in [2.24, 2.45) is 0 Å². The van der Waals surface area contributed by atoms with Gasteiger partial charge in [-0.2, -0.15) is 4.31 Å². The van der Waals surface area contributed by atoms with E-state index in [0.717, 1.165) is 57.1 Å². The van der Waals surface area contributed by atoms with E-state index in [-0.39, 0.29) is 17.7 Å². The molecule has 2 saturated heterocycles. The molecule has 1 aromatic carbocycles. The van der Waals surface area contributed by atoms with Gasteiger partial charge in [0.1, 0.15) is 11.3 Å². The Bertz CT molecular complexity index is 1800. The van der Waals surface area contributed by atoms with Crippen molar-refractivity contribution in [3.05, 3.63) is 52.4 Å². The molecule has 14 heteroatoms. The van der Waals surface area contributed by atoms with Gasteiger partial charge in [-0.25, -0.2) is 18.4 Å². The van der Waals surface area contributed by atoms with Gasteiger partial charge in [0.15, 0.2) is 5.65 Å². The molecule has 44 heavy (non-hydrogen) atoms. The second-order valence-corrected chi connectivity index (χ2v) is 14.4. The summed E-state index contributed by atoms with van der Waals surface area (Å²) in [5, 5.41) is 6.57. The third-order valence-corrected chi connectivity index (χ3v) is 10.7. The van der Waals surface area contributed by atoms with Crippen LogP contribution in [0.4, 0.5) is 11.4 Å². The predicted octanol–water partition coefficient (Wildman–Crippen LogP) is 3.90. The fourth-order valence-electron chi connectivity index (χ4n) is 5.97. The highest BCUT2D eigenvalue weighted by Gasteiger charge is 2.31. The Morgan fingerprint density at radius 3 is 2.75 bits per heavy atom. The average molecular weight is 686 g/mol. The van der Waals surface area contributed by atoms with E-state index in [2.05, 4.69) is 52.1 Å². The van der Waals surface area contributed by atoms with Crippen LogP contribution in [-0.4, -0.2) is 101 Å². The van der Waals surface area contributed by atoms with Gasteiger partial charge >= 0.3 is 0 Å². The third-order valence-electron chi connectivity index (χ3n) is 8.28. The van der Waals surface area contributed by atoms with Gasteiger partial charge in [0.2, 0.25) is 15.9 Å². The van der Waals surface area contributed by atoms with Gasteiger partial charge < -0.3 is 24.9 Å². The molecule has 0 spiro atoms. The van der Waals surface area contributed by atoms with E-state index >= 15 is 0 Å². The number of fused-ring (bicyclic) bond motifs is 1. The molecule has 3 aromatic heterocycles. The average Bonchev–Trinajstić information content (AvgIpc) is 3.73. The lowest BCUT2D eigenvalue weighted by molar-refractivity contribution is -0.118. The Labute approximate surface area is 265 Å². The number of imidazole rings is 1. The lowest BCUT2D eigenvalue weighted by Crippen LogP contribution is -2.41. The predicted molar refractivity (Wildman–Crippen MR) is 175 cm³/mol. The molecule has 2 fully saturated rings. The summed E-state index contributed by atoms with van der Waals surface area (Å²) in [4.78, 5) is 27.6. The number of carbonyl (C=O) groups excluding carboxylic acids is 1. The van der Waals surface area contributed by atoms with Crippen molar-refractivity contribution in [3.8, 4) is 17.1 Å². The molecule has 2 aliphatic heterocycles. The molecule has 5 heterocycles. The number of nitrogens with zero attached hydrogens (tertiary/aromatic N) is 5. The number of carbonyl (C=O) groups is 1. The number of aromatic amines is 1. The Hall–Kier alpha value is -3.30. The summed E-state index contributed by atoms with van der Waals surface area (Å²) in [6.45, 7) is 9.83. The largest absolute Gasteiger partial charge is 0.379 e. The zero-order valence-corrected chi connectivity index (χ0v) is 27.5. The highest BCUT2D eigenvalue weighted by atomic mass is 79.9. The first-order valence-corrected chi connectivity index (χ1v) is 17.2. The molecule has 0 saturated carbocycles. The minimum atomic E-state index is -3.23. The summed E-state index contributed by atoms with van der Waals surface area (Å²) in [5.41, 5.74) is 6.74. The van der Waals surface area contributed by atoms with Crippen molar-refractivity contribution in [2.75, 3.05) is 62.3 Å². The molecule has 1 atom stereocenters. The van der Waals surface area contributed by atoms with Gasteiger partial charge in [-0.3, -0.25) is 9.69 Å². The molecular weight excluding hydrogens is 648 g/mol. The van der Waals surface area contributed by atoms with Gasteiger partial charge in [0, 0.05) is 66.7 Å². The fraction of sp³-hybridized carbons (Fsp3) is 0.433. The summed E-state index contributed by atoms with van der Waals surface area (Å²) in [5.74, 6) is 0.733. The molecule has 0 aliphatic carbocycles. The minimum absolute atomic E-state index is 0.0309. The van der Waals surface area contributed by atoms with E-state index in [0.29, 0.717) is 50.7 Å². The number of hydrogen-bond donors (Lipinski definition) is 3. The van der Waals surface area contributed by atoms with Gasteiger partial charge in [-0.05, 0) is 67.4 Å². The number of ether oxygens (including phenoxy) is 1. The molecule has 1 amide bonds. The molecule has 0 unspecified atom stereocenters. The number of amides is 1. The van der Waals surface area contributed by atoms with Crippen LogP contribution in [0.25, 0.3) is 28.2 Å². The van der Waals surface area contributed by atoms with E-state index < -0.39 is 10.0 Å². The number of hydrogen-bond acceptors (Lipinski definition) is 8.